The van der Waals surface area contributed by atoms with Crippen LogP contribution in [-0.4, -0.2) is 54.3 Å². The lowest BCUT2D eigenvalue weighted by Crippen LogP contribution is -2.29. The van der Waals surface area contributed by atoms with Gasteiger partial charge in [-0.25, -0.2) is 13.4 Å². The van der Waals surface area contributed by atoms with Crippen molar-refractivity contribution < 1.29 is 8.42 Å². The van der Waals surface area contributed by atoms with E-state index in [9.17, 15) is 8.42 Å². The van der Waals surface area contributed by atoms with Crippen molar-refractivity contribution in [3.8, 4) is 0 Å². The van der Waals surface area contributed by atoms with Crippen molar-refractivity contribution in [2.24, 2.45) is 0 Å². The third-order valence-corrected chi connectivity index (χ3v) is 6.83. The topological polar surface area (TPSA) is 79.6 Å². The number of piperidine rings is 1. The van der Waals surface area contributed by atoms with Crippen molar-refractivity contribution in [1.82, 2.24) is 19.5 Å². The molecule has 3 heterocycles. The number of nitrogens with one attached hydrogen (secondary N) is 1. The number of benzene rings is 1. The van der Waals surface area contributed by atoms with Crippen molar-refractivity contribution in [2.45, 2.75) is 23.7 Å². The number of rotatable bonds is 4. The lowest BCUT2D eigenvalue weighted by molar-refractivity contribution is 0.253. The Morgan fingerprint density at radius 2 is 1.86 bits per heavy atom. The summed E-state index contributed by atoms with van der Waals surface area (Å²) in [5, 5.41) is 7.77. The van der Waals surface area contributed by atoms with E-state index in [1.807, 2.05) is 6.07 Å². The number of aromatic nitrogens is 3. The highest BCUT2D eigenvalue weighted by Gasteiger charge is 2.22. The normalized spacial score (nSPS) is 16.5. The third kappa shape index (κ3) is 3.92. The highest BCUT2D eigenvalue weighted by molar-refractivity contribution is 9.10. The van der Waals surface area contributed by atoms with E-state index in [1.54, 1.807) is 35.0 Å². The van der Waals surface area contributed by atoms with Gasteiger partial charge in [-0.3, -0.25) is 0 Å². The van der Waals surface area contributed by atoms with E-state index in [0.29, 0.717) is 10.8 Å². The molecule has 2 aromatic heterocycles. The molecule has 1 saturated heterocycles. The van der Waals surface area contributed by atoms with Crippen molar-refractivity contribution in [3.05, 3.63) is 46.7 Å². The largest absolute Gasteiger partial charge is 0.340 e. The van der Waals surface area contributed by atoms with Crippen LogP contribution in [0.25, 0.3) is 5.65 Å². The Morgan fingerprint density at radius 1 is 1.18 bits per heavy atom. The van der Waals surface area contributed by atoms with Gasteiger partial charge in [0.25, 0.3) is 0 Å². The van der Waals surface area contributed by atoms with Gasteiger partial charge >= 0.3 is 0 Å². The van der Waals surface area contributed by atoms with E-state index in [1.165, 1.54) is 6.26 Å². The average molecular weight is 464 g/mol. The maximum atomic E-state index is 11.7. The Morgan fingerprint density at radius 3 is 2.50 bits per heavy atom. The molecule has 3 aromatic rings. The molecule has 0 bridgehead atoms. The molecule has 0 amide bonds. The van der Waals surface area contributed by atoms with E-state index in [0.717, 1.165) is 53.3 Å². The molecule has 0 saturated carbocycles. The summed E-state index contributed by atoms with van der Waals surface area (Å²) in [7, 11) is -1.07. The van der Waals surface area contributed by atoms with Gasteiger partial charge in [-0.1, -0.05) is 0 Å². The lowest BCUT2D eigenvalue weighted by atomic mass is 9.93. The molecule has 9 heteroatoms. The average Bonchev–Trinajstić information content (AvgIpc) is 3.03. The van der Waals surface area contributed by atoms with Crippen LogP contribution in [0.15, 0.2) is 45.9 Å². The molecule has 148 valence electrons. The summed E-state index contributed by atoms with van der Waals surface area (Å²) in [5.74, 6) is 1.22. The second kappa shape index (κ2) is 7.46. The number of halogens is 1. The van der Waals surface area contributed by atoms with Crippen LogP contribution in [0.2, 0.25) is 0 Å². The van der Waals surface area contributed by atoms with Crippen LogP contribution < -0.4 is 5.32 Å². The van der Waals surface area contributed by atoms with Gasteiger partial charge in [-0.15, -0.1) is 0 Å². The van der Waals surface area contributed by atoms with Crippen molar-refractivity contribution in [2.75, 3.05) is 31.7 Å². The van der Waals surface area contributed by atoms with Gasteiger partial charge in [0.1, 0.15) is 5.82 Å². The summed E-state index contributed by atoms with van der Waals surface area (Å²) < 4.78 is 25.9. The van der Waals surface area contributed by atoms with Crippen molar-refractivity contribution in [1.29, 1.82) is 0 Å². The van der Waals surface area contributed by atoms with Gasteiger partial charge in [0.2, 0.25) is 0 Å². The van der Waals surface area contributed by atoms with Gasteiger partial charge in [0.15, 0.2) is 15.5 Å². The fraction of sp³-hybridized carbons (Fsp3) is 0.368. The molecule has 0 spiro atoms. The summed E-state index contributed by atoms with van der Waals surface area (Å²) in [6.07, 6.45) is 5.09. The Hall–Kier alpha value is -1.97. The Balaban J connectivity index is 1.69. The van der Waals surface area contributed by atoms with Crippen LogP contribution in [0.1, 0.15) is 24.5 Å². The molecule has 0 atom stereocenters. The molecule has 0 radical (unpaired) electrons. The first-order valence-corrected chi connectivity index (χ1v) is 11.8. The van der Waals surface area contributed by atoms with Gasteiger partial charge in [-0.2, -0.15) is 9.61 Å². The van der Waals surface area contributed by atoms with E-state index in [4.69, 9.17) is 4.98 Å². The fourth-order valence-corrected chi connectivity index (χ4v) is 4.47. The number of nitrogens with zero attached hydrogens (tertiary/aromatic N) is 4. The molecule has 28 heavy (non-hydrogen) atoms. The Bertz CT molecular complexity index is 1100. The maximum absolute atomic E-state index is 11.7. The zero-order valence-corrected chi connectivity index (χ0v) is 18.2. The van der Waals surface area contributed by atoms with Gasteiger partial charge < -0.3 is 10.2 Å². The molecule has 1 fully saturated rings. The zero-order valence-electron chi connectivity index (χ0n) is 15.8. The van der Waals surface area contributed by atoms with Gasteiger partial charge in [0.05, 0.1) is 15.6 Å². The van der Waals surface area contributed by atoms with Crippen molar-refractivity contribution >= 4 is 42.9 Å². The minimum atomic E-state index is -3.22. The first kappa shape index (κ1) is 19.4. The molecule has 7 nitrogen and oxygen atoms in total. The number of likely N-dealkylation sites (tertiary alicyclic amines) is 1. The molecule has 1 aliphatic heterocycles. The summed E-state index contributed by atoms with van der Waals surface area (Å²) in [6, 6.07) is 8.78. The smallest absolute Gasteiger partial charge is 0.175 e. The van der Waals surface area contributed by atoms with Gasteiger partial charge in [0, 0.05) is 29.6 Å². The molecule has 1 aliphatic rings. The van der Waals surface area contributed by atoms with Crippen LogP contribution in [-0.2, 0) is 9.84 Å². The molecular weight excluding hydrogens is 442 g/mol. The highest BCUT2D eigenvalue weighted by atomic mass is 79.9. The van der Waals surface area contributed by atoms with E-state index in [-0.39, 0.29) is 0 Å². The molecule has 0 aliphatic carbocycles. The third-order valence-electron chi connectivity index (χ3n) is 5.14. The Kier molecular flexibility index (Phi) is 5.15. The summed E-state index contributed by atoms with van der Waals surface area (Å²) in [4.78, 5) is 7.49. The monoisotopic (exact) mass is 463 g/mol. The predicted octanol–water partition coefficient (Wildman–Crippen LogP) is 3.45. The summed E-state index contributed by atoms with van der Waals surface area (Å²) >= 11 is 3.54. The Labute approximate surface area is 172 Å². The summed E-state index contributed by atoms with van der Waals surface area (Å²) in [5.41, 5.74) is 2.62. The minimum absolute atomic E-state index is 0.298. The minimum Gasteiger partial charge on any atom is -0.340 e. The number of hydrogen-bond donors (Lipinski definition) is 1. The maximum Gasteiger partial charge on any atom is 0.175 e. The molecule has 0 unspecified atom stereocenters. The molecule has 1 N–H and O–H groups in total. The van der Waals surface area contributed by atoms with Crippen LogP contribution >= 0.6 is 15.9 Å². The number of hydrogen-bond acceptors (Lipinski definition) is 6. The van der Waals surface area contributed by atoms with Gasteiger partial charge in [-0.05, 0) is 73.2 Å². The molecule has 4 rings (SSSR count). The van der Waals surface area contributed by atoms with Crippen molar-refractivity contribution in [3.63, 3.8) is 0 Å². The molecular formula is C19H22BrN5O2S. The standard InChI is InChI=1S/C19H22BrN5O2S/c1-24-9-7-13(8-10-24)17-11-18(25-19(23-17)16(20)12-21-25)22-14-3-5-15(6-4-14)28(2,26)27/h3-6,11-13,22H,7-10H2,1-2H3. The fourth-order valence-electron chi connectivity index (χ4n) is 3.49. The second-order valence-electron chi connectivity index (χ2n) is 7.29. The van der Waals surface area contributed by atoms with E-state index < -0.39 is 9.84 Å². The first-order chi connectivity index (χ1) is 13.3. The summed E-state index contributed by atoms with van der Waals surface area (Å²) in [6.45, 7) is 2.13. The zero-order chi connectivity index (χ0) is 19.9. The van der Waals surface area contributed by atoms with Crippen LogP contribution in [0, 0.1) is 0 Å². The second-order valence-corrected chi connectivity index (χ2v) is 10.2. The predicted molar refractivity (Wildman–Crippen MR) is 113 cm³/mol. The lowest BCUT2D eigenvalue weighted by Gasteiger charge is -2.28. The quantitative estimate of drug-likeness (QED) is 0.637. The molecule has 1 aromatic carbocycles. The number of fused-ring (bicyclic) bond motifs is 1. The van der Waals surface area contributed by atoms with Crippen LogP contribution in [0.5, 0.6) is 0 Å². The van der Waals surface area contributed by atoms with E-state index in [2.05, 4.69) is 38.3 Å². The first-order valence-electron chi connectivity index (χ1n) is 9.11. The van der Waals surface area contributed by atoms with Crippen LogP contribution in [0.4, 0.5) is 11.5 Å². The van der Waals surface area contributed by atoms with Crippen LogP contribution in [0.3, 0.4) is 0 Å². The van der Waals surface area contributed by atoms with E-state index >= 15 is 0 Å². The SMILES string of the molecule is CN1CCC(c2cc(Nc3ccc(S(C)(=O)=O)cc3)n3ncc(Br)c3n2)CC1. The number of anilines is 2. The number of sulfone groups is 1. The highest BCUT2D eigenvalue weighted by Crippen LogP contribution is 2.31.